The summed E-state index contributed by atoms with van der Waals surface area (Å²) in [6, 6.07) is 2.49. The number of amides is 7. The van der Waals surface area contributed by atoms with Crippen molar-refractivity contribution in [3.05, 3.63) is 47.5 Å². The molecule has 2 heterocycles. The van der Waals surface area contributed by atoms with E-state index in [0.29, 0.717) is 50.0 Å². The summed E-state index contributed by atoms with van der Waals surface area (Å²) in [6.07, 6.45) is 11.3. The molecule has 19 heteroatoms. The molecule has 1 saturated heterocycles. The predicted octanol–water partition coefficient (Wildman–Crippen LogP) is 2.06. The number of nitrogens with zero attached hydrogens (tertiary/aromatic N) is 2. The van der Waals surface area contributed by atoms with Crippen LogP contribution in [0.4, 0.5) is 0 Å². The number of likely N-dealkylation sites (N-methyl/N-ethyl adjacent to an activating group) is 2. The Hall–Kier alpha value is -5.79. The van der Waals surface area contributed by atoms with Crippen LogP contribution in [0.1, 0.15) is 121 Å². The SMILES string of the molecule is CCCCCCCCCCNCCC(=O)N[C@@H](CCCCN)C(=O)N(C)[C@@H]1C(=O)N[C@@H](C)C(=O)N[C@H](C(=O)N[C@@H](C)C(=O)N(C)[C@H]2CCNC2=O)Cc2ccc(O)c(c2)-c2cc1ccc2OCCO. The van der Waals surface area contributed by atoms with Gasteiger partial charge in [-0.15, -0.1) is 0 Å². The molecule has 382 valence electrons. The average Bonchev–Trinajstić information content (AvgIpc) is 3.77. The molecular weight excluding hydrogens is 887 g/mol. The highest BCUT2D eigenvalue weighted by atomic mass is 16.5. The van der Waals surface area contributed by atoms with Gasteiger partial charge in [-0.25, -0.2) is 0 Å². The van der Waals surface area contributed by atoms with Gasteiger partial charge in [0.25, 0.3) is 0 Å². The van der Waals surface area contributed by atoms with E-state index >= 15 is 0 Å². The number of benzene rings is 2. The lowest BCUT2D eigenvalue weighted by Crippen LogP contribution is -2.58. The van der Waals surface area contributed by atoms with Crippen molar-refractivity contribution in [2.75, 3.05) is 53.5 Å². The third-order valence-electron chi connectivity index (χ3n) is 12.7. The minimum Gasteiger partial charge on any atom is -0.507 e. The van der Waals surface area contributed by atoms with Crippen molar-refractivity contribution in [1.29, 1.82) is 0 Å². The summed E-state index contributed by atoms with van der Waals surface area (Å²) >= 11 is 0. The van der Waals surface area contributed by atoms with E-state index in [1.165, 1.54) is 82.3 Å². The second-order valence-electron chi connectivity index (χ2n) is 18.2. The van der Waals surface area contributed by atoms with Crippen LogP contribution in [0.2, 0.25) is 0 Å². The summed E-state index contributed by atoms with van der Waals surface area (Å²) in [5, 5.41) is 38.0. The summed E-state index contributed by atoms with van der Waals surface area (Å²) in [4.78, 5) is 98.7. The Morgan fingerprint density at radius 3 is 2.25 bits per heavy atom. The number of rotatable bonds is 26. The number of nitrogens with one attached hydrogen (secondary N) is 6. The number of nitrogens with two attached hydrogens (primary N) is 1. The number of hydrogen-bond donors (Lipinski definition) is 9. The van der Waals surface area contributed by atoms with Gasteiger partial charge in [-0.3, -0.25) is 33.6 Å². The molecule has 6 atom stereocenters. The predicted molar refractivity (Wildman–Crippen MR) is 262 cm³/mol. The molecule has 0 aliphatic carbocycles. The van der Waals surface area contributed by atoms with Gasteiger partial charge in [-0.1, -0.05) is 64.0 Å². The maximum Gasteiger partial charge on any atom is 0.248 e. The van der Waals surface area contributed by atoms with E-state index in [2.05, 4.69) is 38.8 Å². The summed E-state index contributed by atoms with van der Waals surface area (Å²) in [5.41, 5.74) is 7.07. The van der Waals surface area contributed by atoms with Gasteiger partial charge in [0, 0.05) is 51.2 Å². The van der Waals surface area contributed by atoms with Crippen molar-refractivity contribution in [1.82, 2.24) is 41.7 Å². The monoisotopic (exact) mass is 964 g/mol. The number of aromatic hydroxyl groups is 1. The van der Waals surface area contributed by atoms with Crippen molar-refractivity contribution in [3.8, 4) is 22.6 Å². The maximum atomic E-state index is 14.6. The van der Waals surface area contributed by atoms with Gasteiger partial charge in [0.1, 0.15) is 54.4 Å². The molecule has 2 aromatic rings. The summed E-state index contributed by atoms with van der Waals surface area (Å²) < 4.78 is 5.91. The standard InChI is InChI=1S/C50H77N9O10/c1-6-7-8-9-10-11-12-15-24-52-25-22-43(62)56-38(16-13-14-23-51)50(68)59(5)44-35-18-20-42(69-28-27-60)37(31-35)36-29-34(17-19-41(36)61)30-39(57-45(63)32(2)54-48(44)66)46(64)55-33(3)49(67)58(4)40-21-26-53-47(40)65/h17-20,29,31-33,38-40,44,52,60-61H,6-16,21-28,30,51H2,1-5H3,(H,53,65)(H,54,66)(H,55,64)(H,56,62)(H,57,63)/t32-,33-,38-,39-,40-,44-/m0/s1. The molecule has 1 fully saturated rings. The van der Waals surface area contributed by atoms with Gasteiger partial charge >= 0.3 is 0 Å². The van der Waals surface area contributed by atoms with Gasteiger partial charge in [0.2, 0.25) is 41.4 Å². The molecule has 0 radical (unpaired) electrons. The molecule has 4 rings (SSSR count). The van der Waals surface area contributed by atoms with E-state index in [1.54, 1.807) is 30.3 Å². The molecule has 0 aromatic heterocycles. The number of hydrogen-bond acceptors (Lipinski definition) is 12. The topological polar surface area (TPSA) is 274 Å². The number of carbonyl (C=O) groups excluding carboxylic acids is 7. The number of aliphatic hydroxyl groups is 1. The van der Waals surface area contributed by atoms with E-state index in [4.69, 9.17) is 10.5 Å². The van der Waals surface area contributed by atoms with E-state index in [-0.39, 0.29) is 66.9 Å². The van der Waals surface area contributed by atoms with Crippen LogP contribution in [0.3, 0.4) is 0 Å². The van der Waals surface area contributed by atoms with Gasteiger partial charge < -0.3 is 62.4 Å². The molecule has 0 spiro atoms. The van der Waals surface area contributed by atoms with Gasteiger partial charge in [-0.05, 0) is 94.4 Å². The lowest BCUT2D eigenvalue weighted by molar-refractivity contribution is -0.143. The third kappa shape index (κ3) is 16.7. The molecule has 2 aromatic carbocycles. The molecule has 4 bridgehead atoms. The Morgan fingerprint density at radius 2 is 1.57 bits per heavy atom. The lowest BCUT2D eigenvalue weighted by Gasteiger charge is -2.33. The summed E-state index contributed by atoms with van der Waals surface area (Å²) in [7, 11) is 2.91. The molecule has 2 aliphatic heterocycles. The fraction of sp³-hybridized carbons (Fsp3) is 0.620. The minimum atomic E-state index is -1.40. The zero-order valence-electron chi connectivity index (χ0n) is 41.2. The lowest BCUT2D eigenvalue weighted by atomic mass is 9.93. The molecule has 7 amide bonds. The van der Waals surface area contributed by atoms with Crippen LogP contribution in [0.15, 0.2) is 36.4 Å². The molecule has 19 nitrogen and oxygen atoms in total. The molecular formula is C50H77N9O10. The van der Waals surface area contributed by atoms with Crippen LogP contribution in [-0.2, 0) is 40.0 Å². The van der Waals surface area contributed by atoms with Crippen molar-refractivity contribution in [2.45, 2.75) is 147 Å². The Kier molecular flexibility index (Phi) is 23.2. The Balaban J connectivity index is 1.62. The van der Waals surface area contributed by atoms with Crippen LogP contribution in [0.25, 0.3) is 11.1 Å². The van der Waals surface area contributed by atoms with Crippen molar-refractivity contribution in [2.24, 2.45) is 5.73 Å². The van der Waals surface area contributed by atoms with Gasteiger partial charge in [-0.2, -0.15) is 0 Å². The van der Waals surface area contributed by atoms with Crippen LogP contribution in [0.5, 0.6) is 11.5 Å². The van der Waals surface area contributed by atoms with Crippen molar-refractivity contribution in [3.63, 3.8) is 0 Å². The summed E-state index contributed by atoms with van der Waals surface area (Å²) in [6.45, 7) is 6.64. The van der Waals surface area contributed by atoms with Crippen LogP contribution < -0.4 is 42.4 Å². The minimum absolute atomic E-state index is 0.114. The van der Waals surface area contributed by atoms with Crippen molar-refractivity contribution < 1.29 is 48.5 Å². The normalized spacial score (nSPS) is 19.0. The highest BCUT2D eigenvalue weighted by molar-refractivity contribution is 5.98. The largest absolute Gasteiger partial charge is 0.507 e. The first-order chi connectivity index (χ1) is 33.1. The second-order valence-corrected chi connectivity index (χ2v) is 18.2. The Morgan fingerprint density at radius 1 is 0.841 bits per heavy atom. The fourth-order valence-electron chi connectivity index (χ4n) is 8.67. The number of phenolic OH excluding ortho intramolecular Hbond substituents is 1. The van der Waals surface area contributed by atoms with E-state index in [0.717, 1.165) is 19.4 Å². The zero-order chi connectivity index (χ0) is 50.5. The summed E-state index contributed by atoms with van der Waals surface area (Å²) in [5.74, 6) is -3.95. The van der Waals surface area contributed by atoms with E-state index in [9.17, 15) is 43.8 Å². The fourth-order valence-corrected chi connectivity index (χ4v) is 8.67. The first-order valence-electron chi connectivity index (χ1n) is 24.7. The molecule has 10 N–H and O–H groups in total. The number of unbranched alkanes of at least 4 members (excludes halogenated alkanes) is 8. The number of fused-ring (bicyclic) bond motifs is 5. The van der Waals surface area contributed by atoms with Gasteiger partial charge in [0.15, 0.2) is 0 Å². The zero-order valence-corrected chi connectivity index (χ0v) is 41.2. The van der Waals surface area contributed by atoms with E-state index < -0.39 is 65.8 Å². The highest BCUT2D eigenvalue weighted by Gasteiger charge is 2.37. The number of aliphatic hydroxyl groups excluding tert-OH is 1. The van der Waals surface area contributed by atoms with Gasteiger partial charge in [0.05, 0.1) is 6.61 Å². The van der Waals surface area contributed by atoms with Crippen LogP contribution in [0, 0.1) is 0 Å². The molecule has 69 heavy (non-hydrogen) atoms. The molecule has 0 unspecified atom stereocenters. The number of ether oxygens (including phenoxy) is 1. The highest BCUT2D eigenvalue weighted by Crippen LogP contribution is 2.39. The average molecular weight is 964 g/mol. The molecule has 2 aliphatic rings. The number of phenols is 1. The van der Waals surface area contributed by atoms with E-state index in [1.807, 2.05) is 0 Å². The first-order valence-corrected chi connectivity index (χ1v) is 24.7. The smallest absolute Gasteiger partial charge is 0.248 e. The second kappa shape index (κ2) is 28.6. The Labute approximate surface area is 406 Å². The first kappa shape index (κ1) is 55.8. The van der Waals surface area contributed by atoms with Crippen LogP contribution >= 0.6 is 0 Å². The number of carbonyl (C=O) groups is 7. The van der Waals surface area contributed by atoms with Crippen LogP contribution in [-0.4, -0.2) is 145 Å². The third-order valence-corrected chi connectivity index (χ3v) is 12.7. The molecule has 0 saturated carbocycles. The quantitative estimate of drug-likeness (QED) is 0.0614. The van der Waals surface area contributed by atoms with Crippen molar-refractivity contribution >= 4 is 41.4 Å². The maximum absolute atomic E-state index is 14.6. The Bertz CT molecular complexity index is 2050.